The Labute approximate surface area is 221 Å². The van der Waals surface area contributed by atoms with Crippen LogP contribution in [-0.2, 0) is 11.3 Å². The highest BCUT2D eigenvalue weighted by Crippen LogP contribution is 2.31. The molecule has 2 heterocycles. The van der Waals surface area contributed by atoms with Gasteiger partial charge in [0.25, 0.3) is 12.0 Å². The largest absolute Gasteiger partial charge is 0.493 e. The van der Waals surface area contributed by atoms with Gasteiger partial charge in [-0.3, -0.25) is 9.59 Å². The molecule has 0 spiro atoms. The quantitative estimate of drug-likeness (QED) is 0.285. The van der Waals surface area contributed by atoms with E-state index in [0.717, 1.165) is 17.3 Å². The first-order valence-electron chi connectivity index (χ1n) is 11.4. The van der Waals surface area contributed by atoms with Crippen molar-refractivity contribution in [3.8, 4) is 22.8 Å². The van der Waals surface area contributed by atoms with Crippen molar-refractivity contribution >= 4 is 23.4 Å². The number of aromatic nitrogens is 3. The molecule has 2 aromatic carbocycles. The molecule has 0 fully saturated rings. The summed E-state index contributed by atoms with van der Waals surface area (Å²) >= 11 is 1.09. The number of hydrogen-bond donors (Lipinski definition) is 1. The number of alkyl halides is 2. The third-order valence-corrected chi connectivity index (χ3v) is 6.25. The van der Waals surface area contributed by atoms with Gasteiger partial charge in [-0.25, -0.2) is 18.7 Å². The molecule has 1 amide bonds. The number of halogens is 2. The van der Waals surface area contributed by atoms with Gasteiger partial charge in [0.15, 0.2) is 16.7 Å². The first-order valence-corrected chi connectivity index (χ1v) is 12.2. The zero-order valence-corrected chi connectivity index (χ0v) is 21.6. The van der Waals surface area contributed by atoms with E-state index in [1.807, 2.05) is 6.07 Å². The smallest absolute Gasteiger partial charge is 0.280 e. The monoisotopic (exact) mass is 538 g/mol. The molecule has 4 rings (SSSR count). The molecule has 0 bridgehead atoms. The molecule has 4 aromatic rings. The number of ether oxygens (including phenoxy) is 2. The molecule has 0 aliphatic heterocycles. The van der Waals surface area contributed by atoms with Crippen LogP contribution >= 0.6 is 11.8 Å². The second-order valence-corrected chi connectivity index (χ2v) is 9.19. The SMILES string of the molecule is COc1ccc(Cn2cc(-c3cc(C(F)F)nc(Sc4cccc(NC(C)=O)c4)n3)ccc2=O)cc1OC. The van der Waals surface area contributed by atoms with Crippen molar-refractivity contribution in [2.75, 3.05) is 19.5 Å². The number of hydrogen-bond acceptors (Lipinski definition) is 7. The first-order chi connectivity index (χ1) is 18.2. The van der Waals surface area contributed by atoms with Crippen molar-refractivity contribution in [3.63, 3.8) is 0 Å². The number of carbonyl (C=O) groups excluding carboxylic acids is 1. The summed E-state index contributed by atoms with van der Waals surface area (Å²) in [5.41, 5.74) is 1.37. The van der Waals surface area contributed by atoms with Gasteiger partial charge in [-0.15, -0.1) is 0 Å². The Morgan fingerprint density at radius 3 is 2.53 bits per heavy atom. The Morgan fingerprint density at radius 2 is 1.82 bits per heavy atom. The highest BCUT2D eigenvalue weighted by atomic mass is 32.2. The van der Waals surface area contributed by atoms with Gasteiger partial charge in [-0.05, 0) is 59.8 Å². The molecule has 0 saturated heterocycles. The number of amides is 1. The summed E-state index contributed by atoms with van der Waals surface area (Å²) in [6.07, 6.45) is -1.25. The summed E-state index contributed by atoms with van der Waals surface area (Å²) in [5, 5.41) is 2.79. The number of nitrogens with zero attached hydrogens (tertiary/aromatic N) is 3. The highest BCUT2D eigenvalue weighted by molar-refractivity contribution is 7.99. The fraction of sp³-hybridized carbons (Fsp3) is 0.185. The van der Waals surface area contributed by atoms with Crippen LogP contribution in [0.4, 0.5) is 14.5 Å². The molecule has 0 unspecified atom stereocenters. The fourth-order valence-electron chi connectivity index (χ4n) is 3.68. The number of anilines is 1. The number of carbonyl (C=O) groups is 1. The standard InChI is InChI=1S/C27H24F2N4O4S/c1-16(34)30-19-5-4-6-20(12-19)38-27-31-21(13-22(32-27)26(28)29)18-8-10-25(35)33(15-18)14-17-7-9-23(36-2)24(11-17)37-3/h4-13,15,26H,14H2,1-3H3,(H,30,34). The van der Waals surface area contributed by atoms with Crippen LogP contribution in [0.25, 0.3) is 11.3 Å². The zero-order valence-electron chi connectivity index (χ0n) is 20.8. The van der Waals surface area contributed by atoms with E-state index in [2.05, 4.69) is 15.3 Å². The summed E-state index contributed by atoms with van der Waals surface area (Å²) in [6, 6.07) is 16.3. The lowest BCUT2D eigenvalue weighted by Crippen LogP contribution is -2.19. The van der Waals surface area contributed by atoms with Crippen LogP contribution in [0.3, 0.4) is 0 Å². The van der Waals surface area contributed by atoms with Gasteiger partial charge in [0.1, 0.15) is 5.69 Å². The molecule has 196 valence electrons. The van der Waals surface area contributed by atoms with Crippen LogP contribution in [0.1, 0.15) is 24.6 Å². The molecule has 0 aliphatic rings. The molecular weight excluding hydrogens is 514 g/mol. The lowest BCUT2D eigenvalue weighted by Gasteiger charge is -2.12. The van der Waals surface area contributed by atoms with E-state index >= 15 is 0 Å². The number of methoxy groups -OCH3 is 2. The Kier molecular flexibility index (Phi) is 8.37. The number of nitrogens with one attached hydrogen (secondary N) is 1. The van der Waals surface area contributed by atoms with Crippen LogP contribution < -0.4 is 20.3 Å². The molecule has 38 heavy (non-hydrogen) atoms. The molecule has 0 atom stereocenters. The maximum absolute atomic E-state index is 13.7. The Balaban J connectivity index is 1.67. The number of rotatable bonds is 9. The minimum Gasteiger partial charge on any atom is -0.493 e. The van der Waals surface area contributed by atoms with Crippen LogP contribution in [0.2, 0.25) is 0 Å². The molecule has 0 aliphatic carbocycles. The second kappa shape index (κ2) is 11.9. The highest BCUT2D eigenvalue weighted by Gasteiger charge is 2.16. The van der Waals surface area contributed by atoms with Crippen molar-refractivity contribution in [1.82, 2.24) is 14.5 Å². The Morgan fingerprint density at radius 1 is 1.03 bits per heavy atom. The normalized spacial score (nSPS) is 10.9. The van der Waals surface area contributed by atoms with Gasteiger partial charge in [-0.2, -0.15) is 0 Å². The maximum Gasteiger partial charge on any atom is 0.280 e. The topological polar surface area (TPSA) is 95.3 Å². The average molecular weight is 539 g/mol. The van der Waals surface area contributed by atoms with E-state index in [0.29, 0.717) is 27.6 Å². The van der Waals surface area contributed by atoms with Gasteiger partial charge in [0, 0.05) is 35.3 Å². The molecule has 1 N–H and O–H groups in total. The molecule has 2 aromatic heterocycles. The third-order valence-electron chi connectivity index (χ3n) is 5.39. The summed E-state index contributed by atoms with van der Waals surface area (Å²) in [4.78, 5) is 33.1. The van der Waals surface area contributed by atoms with Crippen LogP contribution in [0.15, 0.2) is 81.7 Å². The fourth-order valence-corrected chi connectivity index (χ4v) is 4.51. The van der Waals surface area contributed by atoms with Crippen LogP contribution in [-0.4, -0.2) is 34.7 Å². The van der Waals surface area contributed by atoms with Crippen LogP contribution in [0, 0.1) is 0 Å². The van der Waals surface area contributed by atoms with E-state index in [-0.39, 0.29) is 28.9 Å². The molecular formula is C27H24F2N4O4S. The molecule has 11 heteroatoms. The van der Waals surface area contributed by atoms with Gasteiger partial charge in [-0.1, -0.05) is 12.1 Å². The number of pyridine rings is 1. The van der Waals surface area contributed by atoms with Gasteiger partial charge >= 0.3 is 0 Å². The predicted octanol–water partition coefficient (Wildman–Crippen LogP) is 5.42. The second-order valence-electron chi connectivity index (χ2n) is 8.15. The van der Waals surface area contributed by atoms with Crippen molar-refractivity contribution < 1.29 is 23.0 Å². The van der Waals surface area contributed by atoms with Crippen molar-refractivity contribution in [2.45, 2.75) is 29.9 Å². The van der Waals surface area contributed by atoms with Gasteiger partial charge in [0.05, 0.1) is 26.5 Å². The van der Waals surface area contributed by atoms with Crippen molar-refractivity contribution in [3.05, 3.63) is 88.5 Å². The summed E-state index contributed by atoms with van der Waals surface area (Å²) in [5.74, 6) is 0.856. The maximum atomic E-state index is 13.7. The van der Waals surface area contributed by atoms with E-state index in [1.165, 1.54) is 43.9 Å². The number of benzene rings is 2. The minimum atomic E-state index is -2.82. The molecule has 0 radical (unpaired) electrons. The van der Waals surface area contributed by atoms with Gasteiger partial charge < -0.3 is 19.4 Å². The lowest BCUT2D eigenvalue weighted by molar-refractivity contribution is -0.114. The van der Waals surface area contributed by atoms with E-state index in [9.17, 15) is 18.4 Å². The summed E-state index contributed by atoms with van der Waals surface area (Å²) in [6.45, 7) is 1.61. The van der Waals surface area contributed by atoms with Crippen molar-refractivity contribution in [1.29, 1.82) is 0 Å². The molecule has 8 nitrogen and oxygen atoms in total. The Bertz CT molecular complexity index is 1530. The lowest BCUT2D eigenvalue weighted by atomic mass is 10.1. The summed E-state index contributed by atoms with van der Waals surface area (Å²) in [7, 11) is 3.06. The van der Waals surface area contributed by atoms with Crippen LogP contribution in [0.5, 0.6) is 11.5 Å². The van der Waals surface area contributed by atoms with Gasteiger partial charge in [0.2, 0.25) is 5.91 Å². The van der Waals surface area contributed by atoms with Crippen molar-refractivity contribution in [2.24, 2.45) is 0 Å². The Hall–Kier alpha value is -4.25. The first kappa shape index (κ1) is 26.8. The zero-order chi connectivity index (χ0) is 27.2. The predicted molar refractivity (Wildman–Crippen MR) is 140 cm³/mol. The third kappa shape index (κ3) is 6.54. The minimum absolute atomic E-state index is 0.107. The van der Waals surface area contributed by atoms with E-state index < -0.39 is 12.1 Å². The van der Waals surface area contributed by atoms with E-state index in [4.69, 9.17) is 9.47 Å². The van der Waals surface area contributed by atoms with E-state index in [1.54, 1.807) is 42.6 Å². The molecule has 0 saturated carbocycles. The summed E-state index contributed by atoms with van der Waals surface area (Å²) < 4.78 is 39.5. The average Bonchev–Trinajstić information content (AvgIpc) is 2.89.